The van der Waals surface area contributed by atoms with Gasteiger partial charge in [0.1, 0.15) is 0 Å². The molecule has 1 aliphatic heterocycles. The van der Waals surface area contributed by atoms with Gasteiger partial charge >= 0.3 is 0 Å². The number of fused-ring (bicyclic) bond motifs is 1. The highest BCUT2D eigenvalue weighted by Crippen LogP contribution is 2.37. The smallest absolute Gasteiger partial charge is 0.0598 e. The molecule has 0 fully saturated rings. The largest absolute Gasteiger partial charge is 0.393 e. The Morgan fingerprint density at radius 3 is 2.86 bits per heavy atom. The van der Waals surface area contributed by atoms with Gasteiger partial charge in [-0.3, -0.25) is 0 Å². The molecule has 1 aliphatic rings. The highest BCUT2D eigenvalue weighted by atomic mass is 16.3. The van der Waals surface area contributed by atoms with Crippen molar-refractivity contribution < 1.29 is 5.11 Å². The molecule has 0 aromatic heterocycles. The zero-order chi connectivity index (χ0) is 10.3. The van der Waals surface area contributed by atoms with Crippen LogP contribution >= 0.6 is 0 Å². The summed E-state index contributed by atoms with van der Waals surface area (Å²) in [5, 5.41) is 9.68. The van der Waals surface area contributed by atoms with Crippen LogP contribution < -0.4 is 4.90 Å². The fourth-order valence-corrected chi connectivity index (χ4v) is 2.22. The van der Waals surface area contributed by atoms with Crippen molar-refractivity contribution in [2.24, 2.45) is 0 Å². The van der Waals surface area contributed by atoms with Crippen LogP contribution in [0.4, 0.5) is 5.69 Å². The molecule has 0 spiro atoms. The molecule has 1 aromatic carbocycles. The van der Waals surface area contributed by atoms with E-state index in [2.05, 4.69) is 37.1 Å². The van der Waals surface area contributed by atoms with E-state index >= 15 is 0 Å². The summed E-state index contributed by atoms with van der Waals surface area (Å²) in [5.74, 6) is 0.273. The Balaban J connectivity index is 2.45. The van der Waals surface area contributed by atoms with Crippen LogP contribution in [0, 0.1) is 6.92 Å². The second-order valence-electron chi connectivity index (χ2n) is 4.29. The van der Waals surface area contributed by atoms with Crippen LogP contribution in [0.25, 0.3) is 0 Å². The lowest BCUT2D eigenvalue weighted by atomic mass is 9.95. The van der Waals surface area contributed by atoms with Gasteiger partial charge in [0.05, 0.1) is 6.10 Å². The van der Waals surface area contributed by atoms with Crippen molar-refractivity contribution in [3.05, 3.63) is 29.3 Å². The third-order valence-corrected chi connectivity index (χ3v) is 3.05. The molecule has 0 amide bonds. The molecule has 2 heteroatoms. The van der Waals surface area contributed by atoms with Crippen LogP contribution in [-0.4, -0.2) is 24.8 Å². The van der Waals surface area contributed by atoms with Crippen molar-refractivity contribution >= 4 is 5.69 Å². The topological polar surface area (TPSA) is 23.5 Å². The van der Waals surface area contributed by atoms with E-state index in [0.717, 1.165) is 6.54 Å². The van der Waals surface area contributed by atoms with Crippen molar-refractivity contribution in [3.8, 4) is 0 Å². The summed E-state index contributed by atoms with van der Waals surface area (Å²) in [7, 11) is 2.08. The summed E-state index contributed by atoms with van der Waals surface area (Å²) in [6.45, 7) is 4.89. The number of aryl methyl sites for hydroxylation is 1. The van der Waals surface area contributed by atoms with E-state index in [9.17, 15) is 5.11 Å². The lowest BCUT2D eigenvalue weighted by Crippen LogP contribution is -2.21. The summed E-state index contributed by atoms with van der Waals surface area (Å²) in [6.07, 6.45) is -0.263. The molecule has 2 nitrogen and oxygen atoms in total. The third kappa shape index (κ3) is 1.40. The molecule has 1 heterocycles. The van der Waals surface area contributed by atoms with E-state index < -0.39 is 0 Å². The fraction of sp³-hybridized carbons (Fsp3) is 0.500. The molecule has 1 aromatic rings. The quantitative estimate of drug-likeness (QED) is 0.733. The molecule has 2 atom stereocenters. The number of likely N-dealkylation sites (N-methyl/N-ethyl adjacent to an activating group) is 1. The Bertz CT molecular complexity index is 346. The maximum Gasteiger partial charge on any atom is 0.0598 e. The van der Waals surface area contributed by atoms with Crippen LogP contribution in [0.5, 0.6) is 0 Å². The van der Waals surface area contributed by atoms with Crippen LogP contribution in [0.3, 0.4) is 0 Å². The molecule has 14 heavy (non-hydrogen) atoms. The summed E-state index contributed by atoms with van der Waals surface area (Å²) < 4.78 is 0. The number of anilines is 1. The first kappa shape index (κ1) is 9.53. The van der Waals surface area contributed by atoms with Gasteiger partial charge in [-0.1, -0.05) is 17.7 Å². The minimum atomic E-state index is -0.263. The predicted molar refractivity (Wildman–Crippen MR) is 58.9 cm³/mol. The lowest BCUT2D eigenvalue weighted by Gasteiger charge is -2.14. The van der Waals surface area contributed by atoms with Crippen LogP contribution in [0.2, 0.25) is 0 Å². The first-order valence-corrected chi connectivity index (χ1v) is 5.09. The van der Waals surface area contributed by atoms with E-state index in [1.165, 1.54) is 16.8 Å². The molecular formula is C12H17NO. The maximum atomic E-state index is 9.68. The van der Waals surface area contributed by atoms with Gasteiger partial charge in [-0.05, 0) is 25.5 Å². The highest BCUT2D eigenvalue weighted by Gasteiger charge is 2.29. The Morgan fingerprint density at radius 2 is 2.21 bits per heavy atom. The average molecular weight is 191 g/mol. The van der Waals surface area contributed by atoms with Crippen molar-refractivity contribution in [3.63, 3.8) is 0 Å². The van der Waals surface area contributed by atoms with Gasteiger partial charge in [-0.2, -0.15) is 0 Å². The molecule has 2 unspecified atom stereocenters. The van der Waals surface area contributed by atoms with Crippen molar-refractivity contribution in [1.29, 1.82) is 0 Å². The van der Waals surface area contributed by atoms with Gasteiger partial charge in [0.25, 0.3) is 0 Å². The maximum absolute atomic E-state index is 9.68. The van der Waals surface area contributed by atoms with Gasteiger partial charge in [0, 0.05) is 25.2 Å². The van der Waals surface area contributed by atoms with Crippen molar-refractivity contribution in [1.82, 2.24) is 0 Å². The first-order chi connectivity index (χ1) is 6.59. The summed E-state index contributed by atoms with van der Waals surface area (Å²) in [4.78, 5) is 2.21. The van der Waals surface area contributed by atoms with E-state index in [0.29, 0.717) is 0 Å². The molecule has 2 rings (SSSR count). The van der Waals surface area contributed by atoms with Crippen molar-refractivity contribution in [2.75, 3.05) is 18.5 Å². The molecule has 0 saturated carbocycles. The molecule has 1 N–H and O–H groups in total. The first-order valence-electron chi connectivity index (χ1n) is 5.09. The molecule has 0 saturated heterocycles. The van der Waals surface area contributed by atoms with E-state index in [4.69, 9.17) is 0 Å². The second-order valence-corrected chi connectivity index (χ2v) is 4.29. The summed E-state index contributed by atoms with van der Waals surface area (Å²) in [5.41, 5.74) is 3.83. The van der Waals surface area contributed by atoms with Crippen molar-refractivity contribution in [2.45, 2.75) is 25.9 Å². The number of rotatable bonds is 1. The third-order valence-electron chi connectivity index (χ3n) is 3.05. The van der Waals surface area contributed by atoms with Crippen LogP contribution in [0.1, 0.15) is 24.0 Å². The van der Waals surface area contributed by atoms with E-state index in [1.807, 2.05) is 6.92 Å². The molecule has 0 radical (unpaired) electrons. The van der Waals surface area contributed by atoms with Gasteiger partial charge in [0.2, 0.25) is 0 Å². The predicted octanol–water partition coefficient (Wildman–Crippen LogP) is 1.91. The Morgan fingerprint density at radius 1 is 1.50 bits per heavy atom. The van der Waals surface area contributed by atoms with Gasteiger partial charge in [0.15, 0.2) is 0 Å². The highest BCUT2D eigenvalue weighted by molar-refractivity contribution is 5.61. The lowest BCUT2D eigenvalue weighted by molar-refractivity contribution is 0.167. The van der Waals surface area contributed by atoms with Gasteiger partial charge < -0.3 is 10.0 Å². The molecule has 0 bridgehead atoms. The number of nitrogens with zero attached hydrogens (tertiary/aromatic N) is 1. The minimum absolute atomic E-state index is 0.263. The Hall–Kier alpha value is -1.02. The molecule has 0 aliphatic carbocycles. The number of hydrogen-bond acceptors (Lipinski definition) is 2. The van der Waals surface area contributed by atoms with Gasteiger partial charge in [-0.15, -0.1) is 0 Å². The van der Waals surface area contributed by atoms with Crippen LogP contribution in [0.15, 0.2) is 18.2 Å². The Kier molecular flexibility index (Phi) is 2.23. The SMILES string of the molecule is Cc1ccc2c(c1)C(C(C)O)CN2C. The number of hydrogen-bond donors (Lipinski definition) is 1. The number of benzene rings is 1. The summed E-state index contributed by atoms with van der Waals surface area (Å²) >= 11 is 0. The zero-order valence-corrected chi connectivity index (χ0v) is 8.99. The van der Waals surface area contributed by atoms with Crippen LogP contribution in [-0.2, 0) is 0 Å². The molecule has 76 valence electrons. The zero-order valence-electron chi connectivity index (χ0n) is 8.99. The van der Waals surface area contributed by atoms with Gasteiger partial charge in [-0.25, -0.2) is 0 Å². The average Bonchev–Trinajstić information content (AvgIpc) is 2.43. The number of aliphatic hydroxyl groups is 1. The normalized spacial score (nSPS) is 22.3. The summed E-state index contributed by atoms with van der Waals surface area (Å²) in [6, 6.07) is 6.46. The standard InChI is InChI=1S/C12H17NO/c1-8-4-5-12-10(6-8)11(9(2)14)7-13(12)3/h4-6,9,11,14H,7H2,1-3H3. The Labute approximate surface area is 85.2 Å². The number of aliphatic hydroxyl groups excluding tert-OH is 1. The minimum Gasteiger partial charge on any atom is -0.393 e. The fourth-order valence-electron chi connectivity index (χ4n) is 2.22. The van der Waals surface area contributed by atoms with E-state index in [-0.39, 0.29) is 12.0 Å². The second kappa shape index (κ2) is 3.28. The molecular weight excluding hydrogens is 174 g/mol. The van der Waals surface area contributed by atoms with E-state index in [1.54, 1.807) is 0 Å². The monoisotopic (exact) mass is 191 g/mol.